The molecule has 1 saturated heterocycles. The van der Waals surface area contributed by atoms with Gasteiger partial charge in [-0.15, -0.1) is 0 Å². The maximum atomic E-state index is 14.3. The molecule has 2 fully saturated rings. The second-order valence-corrected chi connectivity index (χ2v) is 12.2. The predicted molar refractivity (Wildman–Crippen MR) is 156 cm³/mol. The Morgan fingerprint density at radius 1 is 1.24 bits per heavy atom. The number of carboxylic acids is 1. The lowest BCUT2D eigenvalue weighted by atomic mass is 10.0. The first-order valence-electron chi connectivity index (χ1n) is 14.1. The van der Waals surface area contributed by atoms with Crippen LogP contribution in [0.25, 0.3) is 0 Å². The van der Waals surface area contributed by atoms with Crippen molar-refractivity contribution in [3.8, 4) is 0 Å². The minimum Gasteiger partial charge on any atom is -0.479 e. The number of hydrogen-bond donors (Lipinski definition) is 5. The minimum absolute atomic E-state index is 0.0208. The zero-order chi connectivity index (χ0) is 30.7. The Morgan fingerprint density at radius 2 is 1.88 bits per heavy atom. The molecule has 1 amide bonds. The van der Waals surface area contributed by atoms with E-state index < -0.39 is 46.6 Å². The van der Waals surface area contributed by atoms with Crippen molar-refractivity contribution in [2.75, 3.05) is 39.9 Å². The number of aliphatic carboxylic acids is 1. The van der Waals surface area contributed by atoms with Crippen molar-refractivity contribution in [3.05, 3.63) is 35.9 Å². The molecule has 1 aliphatic carbocycles. The number of benzene rings is 1. The summed E-state index contributed by atoms with van der Waals surface area (Å²) in [6.07, 6.45) is 1.02. The third-order valence-corrected chi connectivity index (χ3v) is 9.17. The summed E-state index contributed by atoms with van der Waals surface area (Å²) in [6.45, 7) is 1.16. The molecule has 1 aromatic rings. The number of carbonyl (C=O) groups is 2. The summed E-state index contributed by atoms with van der Waals surface area (Å²) in [7, 11) is 3.07. The zero-order valence-corrected chi connectivity index (χ0v) is 24.8. The quantitative estimate of drug-likeness (QED) is 0.0713. The summed E-state index contributed by atoms with van der Waals surface area (Å²) in [5.74, 6) is -2.10. The van der Waals surface area contributed by atoms with Gasteiger partial charge in [0.25, 0.3) is 18.3 Å². The number of hydrogen-bond acceptors (Lipinski definition) is 8. The van der Waals surface area contributed by atoms with E-state index in [1.165, 1.54) is 14.1 Å². The van der Waals surface area contributed by atoms with E-state index in [1.54, 1.807) is 31.3 Å². The number of morpholine rings is 1. The van der Waals surface area contributed by atoms with Crippen molar-refractivity contribution in [1.82, 2.24) is 24.1 Å². The molecule has 2 radical (unpaired) electrons. The SMILES string of the molecule is [B]O[C@H](CCCN(C)C(=N)N)NC(C(=O)O)N(C(=O)[C@@H](Cc1ccccc1)NS(=O)(=O)N1CCOCC1)C1CCCC1. The lowest BCUT2D eigenvalue weighted by Crippen LogP contribution is -2.64. The van der Waals surface area contributed by atoms with E-state index in [0.29, 0.717) is 31.4 Å². The van der Waals surface area contributed by atoms with Gasteiger partial charge in [-0.25, -0.2) is 4.79 Å². The van der Waals surface area contributed by atoms with Crippen LogP contribution in [0, 0.1) is 5.41 Å². The number of rotatable bonds is 16. The largest absolute Gasteiger partial charge is 0.479 e. The lowest BCUT2D eigenvalue weighted by Gasteiger charge is -2.39. The summed E-state index contributed by atoms with van der Waals surface area (Å²) >= 11 is 0. The highest BCUT2D eigenvalue weighted by Gasteiger charge is 2.42. The number of nitrogens with one attached hydrogen (secondary N) is 3. The first-order valence-corrected chi connectivity index (χ1v) is 15.6. The molecule has 1 saturated carbocycles. The molecule has 1 unspecified atom stereocenters. The Labute approximate surface area is 249 Å². The van der Waals surface area contributed by atoms with Crippen LogP contribution in [0.5, 0.6) is 0 Å². The predicted octanol–water partition coefficient (Wildman–Crippen LogP) is -0.433. The first kappa shape index (κ1) is 33.7. The molecule has 1 aliphatic heterocycles. The fourth-order valence-corrected chi connectivity index (χ4v) is 6.55. The van der Waals surface area contributed by atoms with E-state index in [9.17, 15) is 23.1 Å². The number of guanidine groups is 1. The Morgan fingerprint density at radius 3 is 2.45 bits per heavy atom. The summed E-state index contributed by atoms with van der Waals surface area (Å²) in [4.78, 5) is 29.8. The molecule has 42 heavy (non-hydrogen) atoms. The van der Waals surface area contributed by atoms with Crippen LogP contribution in [0.3, 0.4) is 0 Å². The van der Waals surface area contributed by atoms with E-state index in [1.807, 2.05) is 6.07 Å². The Balaban J connectivity index is 1.89. The Kier molecular flexibility index (Phi) is 13.0. The fraction of sp³-hybridized carbons (Fsp3) is 0.654. The molecule has 16 heteroatoms. The molecule has 3 rings (SSSR count). The number of ether oxygens (including phenoxy) is 1. The average molecular weight is 608 g/mol. The van der Waals surface area contributed by atoms with Crippen molar-refractivity contribution in [2.24, 2.45) is 5.73 Å². The van der Waals surface area contributed by atoms with Crippen molar-refractivity contribution in [1.29, 1.82) is 5.41 Å². The molecule has 6 N–H and O–H groups in total. The molecular weight excluding hydrogens is 565 g/mol. The second kappa shape index (κ2) is 16.2. The van der Waals surface area contributed by atoms with Crippen LogP contribution in [-0.4, -0.2) is 118 Å². The van der Waals surface area contributed by atoms with Crippen molar-refractivity contribution < 1.29 is 32.5 Å². The average Bonchev–Trinajstić information content (AvgIpc) is 3.50. The van der Waals surface area contributed by atoms with Crippen LogP contribution in [-0.2, 0) is 35.6 Å². The highest BCUT2D eigenvalue weighted by molar-refractivity contribution is 7.87. The van der Waals surface area contributed by atoms with E-state index in [-0.39, 0.29) is 45.1 Å². The van der Waals surface area contributed by atoms with Gasteiger partial charge in [0.15, 0.2) is 12.1 Å². The molecule has 0 bridgehead atoms. The van der Waals surface area contributed by atoms with Gasteiger partial charge >= 0.3 is 5.97 Å². The van der Waals surface area contributed by atoms with Gasteiger partial charge in [0.05, 0.1) is 19.4 Å². The summed E-state index contributed by atoms with van der Waals surface area (Å²) in [6, 6.07) is 7.26. The number of carboxylic acid groups (broad SMARTS) is 1. The molecule has 1 aromatic carbocycles. The van der Waals surface area contributed by atoms with Crippen molar-refractivity contribution in [3.63, 3.8) is 0 Å². The molecule has 1 heterocycles. The standard InChI is InChI=1S/C26H42BN7O7S/c1-32(26(28)29)13-7-12-22(41-27)30-23(25(36)37)34(20-10-5-6-11-20)24(35)21(18-19-8-3-2-4-9-19)31-42(38,39)33-14-16-40-17-15-33/h2-4,8-9,20-23,30-31H,5-7,10-18H2,1H3,(H3,28,29)(H,36,37)/t21-,22-,23?/m1/s1. The topological polar surface area (TPSA) is 191 Å². The van der Waals surface area contributed by atoms with Gasteiger partial charge in [-0.3, -0.25) is 15.5 Å². The van der Waals surface area contributed by atoms with Crippen LogP contribution in [0.15, 0.2) is 30.3 Å². The van der Waals surface area contributed by atoms with E-state index in [4.69, 9.17) is 28.6 Å². The van der Waals surface area contributed by atoms with Gasteiger partial charge < -0.3 is 30.0 Å². The third kappa shape index (κ3) is 9.64. The number of nitrogens with zero attached hydrogens (tertiary/aromatic N) is 3. The van der Waals surface area contributed by atoms with Crippen LogP contribution < -0.4 is 15.8 Å². The molecule has 0 aromatic heterocycles. The van der Waals surface area contributed by atoms with Crippen LogP contribution in [0.1, 0.15) is 44.1 Å². The summed E-state index contributed by atoms with van der Waals surface area (Å²) in [5.41, 5.74) is 6.19. The van der Waals surface area contributed by atoms with Gasteiger partial charge in [-0.05, 0) is 37.7 Å². The third-order valence-electron chi connectivity index (χ3n) is 7.55. The highest BCUT2D eigenvalue weighted by Crippen LogP contribution is 2.27. The highest BCUT2D eigenvalue weighted by atomic mass is 32.2. The zero-order valence-electron chi connectivity index (χ0n) is 24.0. The Bertz CT molecular complexity index is 1140. The van der Waals surface area contributed by atoms with Gasteiger partial charge in [-0.2, -0.15) is 17.4 Å². The number of carbonyl (C=O) groups excluding carboxylic acids is 1. The van der Waals surface area contributed by atoms with Gasteiger partial charge in [-0.1, -0.05) is 43.2 Å². The van der Waals surface area contributed by atoms with Gasteiger partial charge in [0.2, 0.25) is 5.91 Å². The van der Waals surface area contributed by atoms with Crippen LogP contribution in [0.2, 0.25) is 0 Å². The van der Waals surface area contributed by atoms with Crippen molar-refractivity contribution in [2.45, 2.75) is 69.4 Å². The Hall–Kier alpha value is -2.76. The smallest absolute Gasteiger partial charge is 0.341 e. The molecule has 0 spiro atoms. The molecule has 14 nitrogen and oxygen atoms in total. The maximum Gasteiger partial charge on any atom is 0.341 e. The van der Waals surface area contributed by atoms with E-state index in [2.05, 4.69) is 10.0 Å². The maximum absolute atomic E-state index is 14.3. The minimum atomic E-state index is -4.09. The van der Waals surface area contributed by atoms with Gasteiger partial charge in [0.1, 0.15) is 6.04 Å². The number of amides is 1. The fourth-order valence-electron chi connectivity index (χ4n) is 5.22. The lowest BCUT2D eigenvalue weighted by molar-refractivity contribution is -0.156. The summed E-state index contributed by atoms with van der Waals surface area (Å²) < 4.78 is 40.9. The van der Waals surface area contributed by atoms with Gasteiger partial charge in [0, 0.05) is 32.7 Å². The van der Waals surface area contributed by atoms with E-state index >= 15 is 0 Å². The first-order chi connectivity index (χ1) is 20.0. The molecule has 2 aliphatic rings. The molecular formula is C26H42BN7O7S. The molecule has 232 valence electrons. The molecule has 3 atom stereocenters. The monoisotopic (exact) mass is 607 g/mol. The normalized spacial score (nSPS) is 18.7. The van der Waals surface area contributed by atoms with Crippen LogP contribution in [0.4, 0.5) is 0 Å². The summed E-state index contributed by atoms with van der Waals surface area (Å²) in [5, 5.41) is 20.7. The van der Waals surface area contributed by atoms with Crippen molar-refractivity contribution >= 4 is 36.1 Å². The van der Waals surface area contributed by atoms with Crippen LogP contribution >= 0.6 is 0 Å². The van der Waals surface area contributed by atoms with E-state index in [0.717, 1.165) is 12.8 Å². The second-order valence-electron chi connectivity index (χ2n) is 10.5. The number of nitrogens with two attached hydrogens (primary N) is 1.